The van der Waals surface area contributed by atoms with Gasteiger partial charge in [0.1, 0.15) is 0 Å². The lowest BCUT2D eigenvalue weighted by molar-refractivity contribution is 0.0696. The normalized spacial score (nSPS) is 10.1. The third kappa shape index (κ3) is 3.52. The van der Waals surface area contributed by atoms with Crippen LogP contribution >= 0.6 is 11.6 Å². The molecule has 0 aliphatic rings. The quantitative estimate of drug-likeness (QED) is 0.792. The van der Waals surface area contributed by atoms with E-state index in [1.54, 1.807) is 36.4 Å². The first-order chi connectivity index (χ1) is 9.99. The summed E-state index contributed by atoms with van der Waals surface area (Å²) in [4.78, 5) is 22.3. The molecule has 0 fully saturated rings. The van der Waals surface area contributed by atoms with Crippen LogP contribution < -0.4 is 11.1 Å². The van der Waals surface area contributed by atoms with Crippen molar-refractivity contribution in [3.8, 4) is 0 Å². The van der Waals surface area contributed by atoms with Gasteiger partial charge in [-0.2, -0.15) is 0 Å². The number of halogens is 1. The Balaban J connectivity index is 2.21. The third-order valence-electron chi connectivity index (χ3n) is 2.92. The average molecular weight is 305 g/mol. The highest BCUT2D eigenvalue weighted by molar-refractivity contribution is 6.34. The number of amides is 1. The van der Waals surface area contributed by atoms with E-state index in [0.29, 0.717) is 12.2 Å². The Morgan fingerprint density at radius 1 is 1.19 bits per heavy atom. The maximum atomic E-state index is 11.4. The fraction of sp³-hybridized carbons (Fsp3) is 0.0667. The molecule has 4 N–H and O–H groups in total. The average Bonchev–Trinajstić information content (AvgIpc) is 2.45. The Kier molecular flexibility index (Phi) is 4.45. The predicted molar refractivity (Wildman–Crippen MR) is 80.7 cm³/mol. The minimum absolute atomic E-state index is 0.204. The van der Waals surface area contributed by atoms with Crippen LogP contribution in [0.3, 0.4) is 0 Å². The molecule has 0 bridgehead atoms. The molecule has 0 aromatic heterocycles. The zero-order valence-corrected chi connectivity index (χ0v) is 11.7. The summed E-state index contributed by atoms with van der Waals surface area (Å²) in [7, 11) is 0. The Hall–Kier alpha value is -2.53. The van der Waals surface area contributed by atoms with E-state index in [2.05, 4.69) is 5.32 Å². The number of carboxylic acids is 1. The van der Waals surface area contributed by atoms with Crippen molar-refractivity contribution in [1.82, 2.24) is 0 Å². The topological polar surface area (TPSA) is 92.4 Å². The first-order valence-corrected chi connectivity index (χ1v) is 6.51. The number of nitrogens with two attached hydrogens (primary N) is 1. The molecule has 5 nitrogen and oxygen atoms in total. The molecule has 0 aliphatic heterocycles. The van der Waals surface area contributed by atoms with E-state index >= 15 is 0 Å². The molecule has 0 atom stereocenters. The molecule has 6 heteroatoms. The van der Waals surface area contributed by atoms with E-state index in [1.165, 1.54) is 6.07 Å². The van der Waals surface area contributed by atoms with Gasteiger partial charge in [0.05, 0.1) is 16.1 Å². The fourth-order valence-electron chi connectivity index (χ4n) is 1.93. The van der Waals surface area contributed by atoms with Crippen molar-refractivity contribution in [3.63, 3.8) is 0 Å². The van der Waals surface area contributed by atoms with Crippen LogP contribution in [0.2, 0.25) is 5.02 Å². The minimum Gasteiger partial charge on any atom is -0.478 e. The Labute approximate surface area is 126 Å². The van der Waals surface area contributed by atoms with Gasteiger partial charge in [-0.05, 0) is 29.8 Å². The largest absolute Gasteiger partial charge is 0.478 e. The number of anilines is 1. The molecule has 0 saturated carbocycles. The summed E-state index contributed by atoms with van der Waals surface area (Å²) in [5.41, 5.74) is 7.01. The number of carbonyl (C=O) groups is 2. The maximum absolute atomic E-state index is 11.4. The summed E-state index contributed by atoms with van der Waals surface area (Å²) in [5, 5.41) is 12.3. The Morgan fingerprint density at radius 2 is 1.90 bits per heavy atom. The summed E-state index contributed by atoms with van der Waals surface area (Å²) in [6.45, 7) is 0.349. The van der Waals surface area contributed by atoms with E-state index in [1.807, 2.05) is 0 Å². The highest BCUT2D eigenvalue weighted by Crippen LogP contribution is 2.24. The van der Waals surface area contributed by atoms with Gasteiger partial charge < -0.3 is 16.2 Å². The molecule has 0 radical (unpaired) electrons. The van der Waals surface area contributed by atoms with Crippen molar-refractivity contribution in [3.05, 3.63) is 64.2 Å². The van der Waals surface area contributed by atoms with E-state index in [-0.39, 0.29) is 16.1 Å². The van der Waals surface area contributed by atoms with Gasteiger partial charge in [0.25, 0.3) is 5.91 Å². The number of carbonyl (C=O) groups excluding carboxylic acids is 1. The smallest absolute Gasteiger partial charge is 0.335 e. The van der Waals surface area contributed by atoms with Crippen molar-refractivity contribution >= 4 is 29.2 Å². The van der Waals surface area contributed by atoms with Crippen LogP contribution in [0.15, 0.2) is 42.5 Å². The number of primary amides is 1. The number of benzene rings is 2. The first kappa shape index (κ1) is 14.9. The highest BCUT2D eigenvalue weighted by atomic mass is 35.5. The van der Waals surface area contributed by atoms with Crippen molar-refractivity contribution < 1.29 is 14.7 Å². The molecule has 0 unspecified atom stereocenters. The van der Waals surface area contributed by atoms with E-state index in [0.717, 1.165) is 5.56 Å². The number of carboxylic acid groups (broad SMARTS) is 1. The van der Waals surface area contributed by atoms with Crippen LogP contribution in [-0.4, -0.2) is 17.0 Å². The second-order valence-corrected chi connectivity index (χ2v) is 4.79. The van der Waals surface area contributed by atoms with E-state index in [4.69, 9.17) is 22.4 Å². The summed E-state index contributed by atoms with van der Waals surface area (Å²) < 4.78 is 0. The number of aromatic carboxylic acids is 1. The predicted octanol–water partition coefficient (Wildman–Crippen LogP) is 2.75. The summed E-state index contributed by atoms with van der Waals surface area (Å²) >= 11 is 5.95. The first-order valence-electron chi connectivity index (χ1n) is 6.13. The lowest BCUT2D eigenvalue weighted by Gasteiger charge is -2.11. The van der Waals surface area contributed by atoms with Crippen LogP contribution in [0.4, 0.5) is 5.69 Å². The SMILES string of the molecule is NC(=O)c1c(Cl)cccc1NCc1cccc(C(=O)O)c1. The molecule has 0 heterocycles. The second kappa shape index (κ2) is 6.28. The Bertz CT molecular complexity index is 701. The zero-order chi connectivity index (χ0) is 15.4. The molecule has 1 amide bonds. The third-order valence-corrected chi connectivity index (χ3v) is 3.23. The fourth-order valence-corrected chi connectivity index (χ4v) is 2.20. The number of hydrogen-bond acceptors (Lipinski definition) is 3. The van der Waals surface area contributed by atoms with Crippen LogP contribution in [-0.2, 0) is 6.54 Å². The van der Waals surface area contributed by atoms with Gasteiger partial charge in [0.2, 0.25) is 0 Å². The van der Waals surface area contributed by atoms with Gasteiger partial charge in [0, 0.05) is 12.2 Å². The molecule has 21 heavy (non-hydrogen) atoms. The molecule has 2 rings (SSSR count). The number of rotatable bonds is 5. The molecular formula is C15H13ClN2O3. The van der Waals surface area contributed by atoms with Crippen LogP contribution in [0.1, 0.15) is 26.3 Å². The maximum Gasteiger partial charge on any atom is 0.335 e. The van der Waals surface area contributed by atoms with Crippen LogP contribution in [0.5, 0.6) is 0 Å². The minimum atomic E-state index is -0.988. The lowest BCUT2D eigenvalue weighted by atomic mass is 10.1. The van der Waals surface area contributed by atoms with Crippen LogP contribution in [0.25, 0.3) is 0 Å². The Morgan fingerprint density at radius 3 is 2.57 bits per heavy atom. The zero-order valence-electron chi connectivity index (χ0n) is 11.0. The molecule has 2 aromatic carbocycles. The van der Waals surface area contributed by atoms with Gasteiger partial charge >= 0.3 is 5.97 Å². The molecule has 0 saturated heterocycles. The summed E-state index contributed by atoms with van der Waals surface area (Å²) in [6.07, 6.45) is 0. The molecule has 108 valence electrons. The second-order valence-electron chi connectivity index (χ2n) is 4.39. The molecular weight excluding hydrogens is 292 g/mol. The lowest BCUT2D eigenvalue weighted by Crippen LogP contribution is -2.15. The van der Waals surface area contributed by atoms with Crippen molar-refractivity contribution in [2.45, 2.75) is 6.54 Å². The van der Waals surface area contributed by atoms with Gasteiger partial charge in [0.15, 0.2) is 0 Å². The van der Waals surface area contributed by atoms with E-state index in [9.17, 15) is 9.59 Å². The highest BCUT2D eigenvalue weighted by Gasteiger charge is 2.12. The van der Waals surface area contributed by atoms with Gasteiger partial charge in [-0.15, -0.1) is 0 Å². The van der Waals surface area contributed by atoms with Gasteiger partial charge in [-0.3, -0.25) is 4.79 Å². The number of nitrogens with one attached hydrogen (secondary N) is 1. The standard InChI is InChI=1S/C15H13ClN2O3/c16-11-5-2-6-12(13(11)14(17)19)18-8-9-3-1-4-10(7-9)15(20)21/h1-7,18H,8H2,(H2,17,19)(H,20,21). The van der Waals surface area contributed by atoms with E-state index < -0.39 is 11.9 Å². The van der Waals surface area contributed by atoms with Crippen molar-refractivity contribution in [2.75, 3.05) is 5.32 Å². The van der Waals surface area contributed by atoms with Gasteiger partial charge in [-0.25, -0.2) is 4.79 Å². The summed E-state index contributed by atoms with van der Waals surface area (Å²) in [6, 6.07) is 11.5. The van der Waals surface area contributed by atoms with Crippen molar-refractivity contribution in [1.29, 1.82) is 0 Å². The molecule has 0 spiro atoms. The number of hydrogen-bond donors (Lipinski definition) is 3. The van der Waals surface area contributed by atoms with Crippen molar-refractivity contribution in [2.24, 2.45) is 5.73 Å². The molecule has 0 aliphatic carbocycles. The molecule has 2 aromatic rings. The van der Waals surface area contributed by atoms with Crippen LogP contribution in [0, 0.1) is 0 Å². The monoisotopic (exact) mass is 304 g/mol. The van der Waals surface area contributed by atoms with Gasteiger partial charge in [-0.1, -0.05) is 29.8 Å². The summed E-state index contributed by atoms with van der Waals surface area (Å²) in [5.74, 6) is -1.61.